The van der Waals surface area contributed by atoms with Crippen molar-refractivity contribution in [2.45, 2.75) is 31.4 Å². The highest BCUT2D eigenvalue weighted by Crippen LogP contribution is 2.32. The molecule has 3 aromatic rings. The number of rotatable bonds is 9. The predicted molar refractivity (Wildman–Crippen MR) is 120 cm³/mol. The summed E-state index contributed by atoms with van der Waals surface area (Å²) in [5, 5.41) is 12.2. The molecule has 1 atom stereocenters. The molecule has 0 radical (unpaired) electrons. The predicted octanol–water partition coefficient (Wildman–Crippen LogP) is 3.70. The lowest BCUT2D eigenvalue weighted by Crippen LogP contribution is -2.50. The van der Waals surface area contributed by atoms with Crippen LogP contribution in [0.5, 0.6) is 0 Å². The second kappa shape index (κ2) is 10.4. The molecule has 0 saturated heterocycles. The van der Waals surface area contributed by atoms with Crippen LogP contribution >= 0.6 is 0 Å². The summed E-state index contributed by atoms with van der Waals surface area (Å²) in [5.41, 5.74) is 1.06. The van der Waals surface area contributed by atoms with Crippen molar-refractivity contribution in [1.29, 1.82) is 0 Å². The highest BCUT2D eigenvalue weighted by molar-refractivity contribution is 5.95. The maximum absolute atomic E-state index is 13.4. The van der Waals surface area contributed by atoms with E-state index < -0.39 is 35.7 Å². The van der Waals surface area contributed by atoms with Gasteiger partial charge in [-0.3, -0.25) is 9.59 Å². The third-order valence-corrected chi connectivity index (χ3v) is 5.37. The zero-order valence-corrected chi connectivity index (χ0v) is 17.7. The highest BCUT2D eigenvalue weighted by atomic mass is 16.5. The summed E-state index contributed by atoms with van der Waals surface area (Å²) >= 11 is 0. The SMILES string of the molecule is CC(C(=O)N[C@@H](CC(=O)OCc1ccccc1)C(=O)O)(c1ccccc1)c1ccccc1. The fourth-order valence-electron chi connectivity index (χ4n) is 3.44. The minimum Gasteiger partial charge on any atom is -0.480 e. The summed E-state index contributed by atoms with van der Waals surface area (Å²) in [7, 11) is 0. The number of carboxylic acids is 1. The smallest absolute Gasteiger partial charge is 0.326 e. The molecule has 0 aliphatic heterocycles. The van der Waals surface area contributed by atoms with Crippen LogP contribution < -0.4 is 5.32 Å². The number of benzene rings is 3. The fourth-order valence-corrected chi connectivity index (χ4v) is 3.44. The number of ether oxygens (including phenoxy) is 1. The molecule has 1 amide bonds. The van der Waals surface area contributed by atoms with Gasteiger partial charge in [-0.2, -0.15) is 0 Å². The van der Waals surface area contributed by atoms with Gasteiger partial charge >= 0.3 is 11.9 Å². The number of hydrogen-bond donors (Lipinski definition) is 2. The van der Waals surface area contributed by atoms with Gasteiger partial charge in [0.05, 0.1) is 11.8 Å². The molecule has 32 heavy (non-hydrogen) atoms. The van der Waals surface area contributed by atoms with Crippen molar-refractivity contribution < 1.29 is 24.2 Å². The number of esters is 1. The summed E-state index contributed by atoms with van der Waals surface area (Å²) in [5.74, 6) is -2.53. The van der Waals surface area contributed by atoms with E-state index >= 15 is 0 Å². The molecule has 3 rings (SSSR count). The summed E-state index contributed by atoms with van der Waals surface area (Å²) in [6.45, 7) is 1.77. The van der Waals surface area contributed by atoms with Crippen LogP contribution in [0.25, 0.3) is 0 Å². The summed E-state index contributed by atoms with van der Waals surface area (Å²) < 4.78 is 5.19. The largest absolute Gasteiger partial charge is 0.480 e. The average molecular weight is 431 g/mol. The standard InChI is InChI=1S/C26H25NO5/c1-26(20-13-7-3-8-14-20,21-15-9-4-10-16-21)25(31)27-22(24(29)30)17-23(28)32-18-19-11-5-2-6-12-19/h2-16,22H,17-18H2,1H3,(H,27,31)(H,29,30)/t22-/m0/s1. The van der Waals surface area contributed by atoms with Crippen molar-refractivity contribution >= 4 is 17.8 Å². The first kappa shape index (κ1) is 22.7. The Balaban J connectivity index is 1.77. The lowest BCUT2D eigenvalue weighted by Gasteiger charge is -2.31. The molecule has 2 N–H and O–H groups in total. The van der Waals surface area contributed by atoms with E-state index in [2.05, 4.69) is 5.32 Å². The minimum absolute atomic E-state index is 0.0334. The molecular weight excluding hydrogens is 406 g/mol. The van der Waals surface area contributed by atoms with Crippen molar-refractivity contribution in [3.8, 4) is 0 Å². The molecule has 164 valence electrons. The molecule has 0 bridgehead atoms. The topological polar surface area (TPSA) is 92.7 Å². The summed E-state index contributed by atoms with van der Waals surface area (Å²) in [6.07, 6.45) is -0.479. The minimum atomic E-state index is -1.42. The number of nitrogens with one attached hydrogen (secondary N) is 1. The Kier molecular flexibility index (Phi) is 7.39. The van der Waals surface area contributed by atoms with Gasteiger partial charge in [0.25, 0.3) is 0 Å². The van der Waals surface area contributed by atoms with Gasteiger partial charge in [0.1, 0.15) is 12.6 Å². The monoisotopic (exact) mass is 431 g/mol. The number of carboxylic acid groups (broad SMARTS) is 1. The number of aliphatic carboxylic acids is 1. The van der Waals surface area contributed by atoms with Crippen molar-refractivity contribution in [1.82, 2.24) is 5.32 Å². The van der Waals surface area contributed by atoms with E-state index in [1.54, 1.807) is 19.1 Å². The first-order valence-electron chi connectivity index (χ1n) is 10.3. The zero-order chi connectivity index (χ0) is 23.0. The van der Waals surface area contributed by atoms with Gasteiger partial charge in [-0.15, -0.1) is 0 Å². The van der Waals surface area contributed by atoms with E-state index in [9.17, 15) is 19.5 Å². The van der Waals surface area contributed by atoms with Crippen LogP contribution in [0.3, 0.4) is 0 Å². The molecule has 0 heterocycles. The molecule has 0 unspecified atom stereocenters. The fraction of sp³-hybridized carbons (Fsp3) is 0.192. The van der Waals surface area contributed by atoms with Crippen LogP contribution in [0.2, 0.25) is 0 Å². The summed E-state index contributed by atoms with van der Waals surface area (Å²) in [4.78, 5) is 37.5. The van der Waals surface area contributed by atoms with Crippen molar-refractivity contribution in [3.63, 3.8) is 0 Å². The van der Waals surface area contributed by atoms with Crippen molar-refractivity contribution in [2.24, 2.45) is 0 Å². The van der Waals surface area contributed by atoms with E-state index in [1.165, 1.54) is 0 Å². The molecule has 0 aromatic heterocycles. The van der Waals surface area contributed by atoms with Gasteiger partial charge in [-0.25, -0.2) is 4.79 Å². The van der Waals surface area contributed by atoms with Crippen LogP contribution in [0.4, 0.5) is 0 Å². The van der Waals surface area contributed by atoms with E-state index in [4.69, 9.17) is 4.74 Å². The normalized spacial score (nSPS) is 11.9. The average Bonchev–Trinajstić information content (AvgIpc) is 2.83. The van der Waals surface area contributed by atoms with Gasteiger partial charge < -0.3 is 15.2 Å². The molecule has 6 nitrogen and oxygen atoms in total. The Hall–Kier alpha value is -3.93. The van der Waals surface area contributed by atoms with E-state index in [-0.39, 0.29) is 6.61 Å². The molecule has 0 spiro atoms. The van der Waals surface area contributed by atoms with Gasteiger partial charge in [0.15, 0.2) is 0 Å². The lowest BCUT2D eigenvalue weighted by atomic mass is 9.75. The Labute approximate surface area is 186 Å². The molecule has 0 aliphatic rings. The number of hydrogen-bond acceptors (Lipinski definition) is 4. The van der Waals surface area contributed by atoms with E-state index in [0.717, 1.165) is 5.56 Å². The quantitative estimate of drug-likeness (QED) is 0.504. The van der Waals surface area contributed by atoms with Crippen LogP contribution in [0.1, 0.15) is 30.0 Å². The lowest BCUT2D eigenvalue weighted by molar-refractivity contribution is -0.151. The molecular formula is C26H25NO5. The van der Waals surface area contributed by atoms with E-state index in [1.807, 2.05) is 78.9 Å². The first-order valence-corrected chi connectivity index (χ1v) is 10.3. The Morgan fingerprint density at radius 1 is 0.844 bits per heavy atom. The summed E-state index contributed by atoms with van der Waals surface area (Å²) in [6, 6.07) is 25.9. The number of amides is 1. The zero-order valence-electron chi connectivity index (χ0n) is 17.7. The van der Waals surface area contributed by atoms with Gasteiger partial charge in [0.2, 0.25) is 5.91 Å². The second-order valence-electron chi connectivity index (χ2n) is 7.57. The Morgan fingerprint density at radius 3 is 1.78 bits per heavy atom. The number of carbonyl (C=O) groups excluding carboxylic acids is 2. The molecule has 0 saturated carbocycles. The third-order valence-electron chi connectivity index (χ3n) is 5.37. The van der Waals surface area contributed by atoms with Crippen molar-refractivity contribution in [3.05, 3.63) is 108 Å². The van der Waals surface area contributed by atoms with Crippen LogP contribution in [0.15, 0.2) is 91.0 Å². The molecule has 0 fully saturated rings. The van der Waals surface area contributed by atoms with Crippen LogP contribution in [-0.4, -0.2) is 29.0 Å². The van der Waals surface area contributed by atoms with Gasteiger partial charge in [-0.1, -0.05) is 91.0 Å². The molecule has 6 heteroatoms. The second-order valence-corrected chi connectivity index (χ2v) is 7.57. The maximum Gasteiger partial charge on any atom is 0.326 e. The Morgan fingerprint density at radius 2 is 1.31 bits per heavy atom. The van der Waals surface area contributed by atoms with Crippen LogP contribution in [0, 0.1) is 0 Å². The van der Waals surface area contributed by atoms with Crippen molar-refractivity contribution in [2.75, 3.05) is 0 Å². The van der Waals surface area contributed by atoms with Gasteiger partial charge in [-0.05, 0) is 23.6 Å². The van der Waals surface area contributed by atoms with E-state index in [0.29, 0.717) is 11.1 Å². The number of carbonyl (C=O) groups is 3. The highest BCUT2D eigenvalue weighted by Gasteiger charge is 2.39. The third kappa shape index (κ3) is 5.40. The molecule has 3 aromatic carbocycles. The first-order chi connectivity index (χ1) is 15.4. The maximum atomic E-state index is 13.4. The van der Waals surface area contributed by atoms with Gasteiger partial charge in [0, 0.05) is 0 Å². The van der Waals surface area contributed by atoms with Crippen LogP contribution in [-0.2, 0) is 31.1 Å². The molecule has 0 aliphatic carbocycles. The Bertz CT molecular complexity index is 1010.